The van der Waals surface area contributed by atoms with Gasteiger partial charge in [-0.05, 0) is 29.8 Å². The van der Waals surface area contributed by atoms with Gasteiger partial charge in [-0.2, -0.15) is 0 Å². The first-order valence-electron chi connectivity index (χ1n) is 9.96. The molecular formula is C21H25N3O6S. The summed E-state index contributed by atoms with van der Waals surface area (Å²) in [5.41, 5.74) is 2.39. The van der Waals surface area contributed by atoms with Gasteiger partial charge < -0.3 is 24.4 Å². The second-order valence-electron chi connectivity index (χ2n) is 7.35. The maximum Gasteiger partial charge on any atom is 0.241 e. The van der Waals surface area contributed by atoms with Gasteiger partial charge in [-0.1, -0.05) is 12.1 Å². The SMILES string of the molecule is CS(=O)(=O)N(CC(=O)NCc1ccc(N2CCOCC2)cc1)c1ccc2c(c1)OCO2. The van der Waals surface area contributed by atoms with Crippen LogP contribution in [0.2, 0.25) is 0 Å². The third-order valence-electron chi connectivity index (χ3n) is 5.13. The fourth-order valence-corrected chi connectivity index (χ4v) is 4.32. The summed E-state index contributed by atoms with van der Waals surface area (Å²) < 4.78 is 41.6. The molecule has 0 atom stereocenters. The van der Waals surface area contributed by atoms with Gasteiger partial charge in [-0.25, -0.2) is 8.42 Å². The number of carbonyl (C=O) groups is 1. The largest absolute Gasteiger partial charge is 0.454 e. The lowest BCUT2D eigenvalue weighted by molar-refractivity contribution is -0.119. The number of anilines is 2. The maximum atomic E-state index is 12.5. The summed E-state index contributed by atoms with van der Waals surface area (Å²) in [7, 11) is -3.67. The van der Waals surface area contributed by atoms with E-state index in [2.05, 4.69) is 10.2 Å². The normalized spacial score (nSPS) is 15.6. The zero-order valence-electron chi connectivity index (χ0n) is 17.2. The highest BCUT2D eigenvalue weighted by Crippen LogP contribution is 2.36. The van der Waals surface area contributed by atoms with Crippen LogP contribution in [0.25, 0.3) is 0 Å². The smallest absolute Gasteiger partial charge is 0.241 e. The number of rotatable bonds is 7. The van der Waals surface area contributed by atoms with Gasteiger partial charge in [0.25, 0.3) is 0 Å². The molecule has 0 aliphatic carbocycles. The van der Waals surface area contributed by atoms with Gasteiger partial charge >= 0.3 is 0 Å². The summed E-state index contributed by atoms with van der Waals surface area (Å²) in [4.78, 5) is 14.8. The van der Waals surface area contributed by atoms with Crippen LogP contribution in [0.3, 0.4) is 0 Å². The van der Waals surface area contributed by atoms with E-state index >= 15 is 0 Å². The predicted molar refractivity (Wildman–Crippen MR) is 116 cm³/mol. The van der Waals surface area contributed by atoms with Crippen LogP contribution in [0.15, 0.2) is 42.5 Å². The topological polar surface area (TPSA) is 97.4 Å². The molecule has 0 unspecified atom stereocenters. The highest BCUT2D eigenvalue weighted by atomic mass is 32.2. The Hall–Kier alpha value is -2.98. The Bertz CT molecular complexity index is 1040. The van der Waals surface area contributed by atoms with Crippen LogP contribution in [0.5, 0.6) is 11.5 Å². The molecule has 10 heteroatoms. The number of nitrogens with zero attached hydrogens (tertiary/aromatic N) is 2. The number of ether oxygens (including phenoxy) is 3. The van der Waals surface area contributed by atoms with Crippen molar-refractivity contribution in [1.82, 2.24) is 5.32 Å². The van der Waals surface area contributed by atoms with Gasteiger partial charge in [0, 0.05) is 31.4 Å². The molecule has 2 aliphatic rings. The van der Waals surface area contributed by atoms with Crippen LogP contribution in [0.4, 0.5) is 11.4 Å². The Labute approximate surface area is 181 Å². The van der Waals surface area contributed by atoms with E-state index in [1.165, 1.54) is 0 Å². The minimum atomic E-state index is -3.67. The molecule has 2 heterocycles. The second-order valence-corrected chi connectivity index (χ2v) is 9.26. The third kappa shape index (κ3) is 5.20. The molecular weight excluding hydrogens is 422 g/mol. The minimum Gasteiger partial charge on any atom is -0.454 e. The van der Waals surface area contributed by atoms with Crippen LogP contribution < -0.4 is 24.0 Å². The number of sulfonamides is 1. The minimum absolute atomic E-state index is 0.0858. The van der Waals surface area contributed by atoms with E-state index in [0.29, 0.717) is 23.7 Å². The molecule has 0 saturated carbocycles. The Kier molecular flexibility index (Phi) is 6.19. The number of hydrogen-bond donors (Lipinski definition) is 1. The number of carbonyl (C=O) groups excluding carboxylic acids is 1. The quantitative estimate of drug-likeness (QED) is 0.684. The number of amides is 1. The van der Waals surface area contributed by atoms with Crippen molar-refractivity contribution in [3.05, 3.63) is 48.0 Å². The Morgan fingerprint density at radius 2 is 1.77 bits per heavy atom. The standard InChI is InChI=1S/C21H25N3O6S/c1-31(26,27)24(18-6-7-19-20(12-18)30-15-29-19)14-21(25)22-13-16-2-4-17(5-3-16)23-8-10-28-11-9-23/h2-7,12H,8-11,13-15H2,1H3,(H,22,25). The van der Waals surface area contributed by atoms with Gasteiger partial charge in [-0.15, -0.1) is 0 Å². The molecule has 31 heavy (non-hydrogen) atoms. The predicted octanol–water partition coefficient (Wildman–Crippen LogP) is 1.33. The van der Waals surface area contributed by atoms with E-state index < -0.39 is 15.9 Å². The van der Waals surface area contributed by atoms with Crippen LogP contribution in [-0.2, 0) is 26.1 Å². The number of nitrogens with one attached hydrogen (secondary N) is 1. The van der Waals surface area contributed by atoms with Gasteiger partial charge in [0.15, 0.2) is 11.5 Å². The molecule has 1 N–H and O–H groups in total. The van der Waals surface area contributed by atoms with Crippen molar-refractivity contribution in [3.8, 4) is 11.5 Å². The van der Waals surface area contributed by atoms with E-state index in [0.717, 1.165) is 48.1 Å². The summed E-state index contributed by atoms with van der Waals surface area (Å²) in [6, 6.07) is 12.7. The first kappa shape index (κ1) is 21.3. The fourth-order valence-electron chi connectivity index (χ4n) is 3.47. The van der Waals surface area contributed by atoms with E-state index in [1.54, 1.807) is 18.2 Å². The highest BCUT2D eigenvalue weighted by molar-refractivity contribution is 7.92. The Balaban J connectivity index is 1.37. The first-order chi connectivity index (χ1) is 14.9. The molecule has 0 aromatic heterocycles. The average molecular weight is 448 g/mol. The van der Waals surface area contributed by atoms with Crippen LogP contribution in [0, 0.1) is 0 Å². The molecule has 2 aliphatic heterocycles. The number of benzene rings is 2. The fraction of sp³-hybridized carbons (Fsp3) is 0.381. The van der Waals surface area contributed by atoms with Crippen molar-refractivity contribution in [2.45, 2.75) is 6.54 Å². The molecule has 9 nitrogen and oxygen atoms in total. The van der Waals surface area contributed by atoms with Gasteiger partial charge in [0.05, 0.1) is 25.2 Å². The first-order valence-corrected chi connectivity index (χ1v) is 11.8. The second kappa shape index (κ2) is 9.03. The lowest BCUT2D eigenvalue weighted by Gasteiger charge is -2.29. The van der Waals surface area contributed by atoms with E-state index in [-0.39, 0.29) is 13.3 Å². The molecule has 166 valence electrons. The third-order valence-corrected chi connectivity index (χ3v) is 6.27. The molecule has 0 spiro atoms. The van der Waals surface area contributed by atoms with Gasteiger partial charge in [-0.3, -0.25) is 9.10 Å². The van der Waals surface area contributed by atoms with Crippen molar-refractivity contribution in [2.24, 2.45) is 0 Å². The average Bonchev–Trinajstić information content (AvgIpc) is 3.24. The highest BCUT2D eigenvalue weighted by Gasteiger charge is 2.23. The van der Waals surface area contributed by atoms with Crippen molar-refractivity contribution in [3.63, 3.8) is 0 Å². The summed E-state index contributed by atoms with van der Waals surface area (Å²) in [5.74, 6) is 0.592. The molecule has 0 radical (unpaired) electrons. The van der Waals surface area contributed by atoms with E-state index in [9.17, 15) is 13.2 Å². The summed E-state index contributed by atoms with van der Waals surface area (Å²) in [5, 5.41) is 2.79. The zero-order chi connectivity index (χ0) is 21.8. The van der Waals surface area contributed by atoms with Crippen LogP contribution >= 0.6 is 0 Å². The molecule has 0 bridgehead atoms. The summed E-state index contributed by atoms with van der Waals surface area (Å²) in [6.07, 6.45) is 1.06. The van der Waals surface area contributed by atoms with Gasteiger partial charge in [0.1, 0.15) is 6.54 Å². The van der Waals surface area contributed by atoms with Gasteiger partial charge in [0.2, 0.25) is 22.7 Å². The van der Waals surface area contributed by atoms with Crippen molar-refractivity contribution < 1.29 is 27.4 Å². The van der Waals surface area contributed by atoms with E-state index in [4.69, 9.17) is 14.2 Å². The van der Waals surface area contributed by atoms with Crippen molar-refractivity contribution in [1.29, 1.82) is 0 Å². The summed E-state index contributed by atoms with van der Waals surface area (Å²) in [6.45, 7) is 3.22. The Morgan fingerprint density at radius 3 is 2.48 bits per heavy atom. The molecule has 2 aromatic rings. The molecule has 1 amide bonds. The maximum absolute atomic E-state index is 12.5. The number of fused-ring (bicyclic) bond motifs is 1. The number of morpholine rings is 1. The zero-order valence-corrected chi connectivity index (χ0v) is 18.1. The Morgan fingerprint density at radius 1 is 1.06 bits per heavy atom. The van der Waals surface area contributed by atoms with Crippen LogP contribution in [-0.4, -0.2) is 60.2 Å². The molecule has 4 rings (SSSR count). The molecule has 2 aromatic carbocycles. The van der Waals surface area contributed by atoms with Crippen molar-refractivity contribution in [2.75, 3.05) is 55.1 Å². The number of hydrogen-bond acceptors (Lipinski definition) is 7. The van der Waals surface area contributed by atoms with Crippen LogP contribution in [0.1, 0.15) is 5.56 Å². The lowest BCUT2D eigenvalue weighted by Crippen LogP contribution is -2.40. The monoisotopic (exact) mass is 447 g/mol. The van der Waals surface area contributed by atoms with Crippen molar-refractivity contribution >= 4 is 27.3 Å². The molecule has 1 saturated heterocycles. The lowest BCUT2D eigenvalue weighted by atomic mass is 10.2. The molecule has 1 fully saturated rings. The van der Waals surface area contributed by atoms with E-state index in [1.807, 2.05) is 24.3 Å². The summed E-state index contributed by atoms with van der Waals surface area (Å²) >= 11 is 0.